The number of aromatic amines is 1. The Morgan fingerprint density at radius 1 is 1.36 bits per heavy atom. The van der Waals surface area contributed by atoms with Gasteiger partial charge in [-0.3, -0.25) is 9.59 Å². The number of carboxylic acid groups (broad SMARTS) is 1. The Morgan fingerprint density at radius 3 is 2.82 bits per heavy atom. The molecule has 116 valence electrons. The van der Waals surface area contributed by atoms with Crippen LogP contribution in [0.5, 0.6) is 0 Å². The molecule has 0 saturated carbocycles. The fourth-order valence-corrected chi connectivity index (χ4v) is 3.25. The minimum atomic E-state index is -0.778. The van der Waals surface area contributed by atoms with Gasteiger partial charge in [0.2, 0.25) is 0 Å². The SMILES string of the molecule is CC1CN(C(=O)c2cc3ccc(Cl)cc3[nH]2)CCC1C(=O)O. The summed E-state index contributed by atoms with van der Waals surface area (Å²) >= 11 is 5.95. The molecule has 1 aromatic carbocycles. The molecule has 2 atom stereocenters. The summed E-state index contributed by atoms with van der Waals surface area (Å²) in [5.41, 5.74) is 1.34. The van der Waals surface area contributed by atoms with Crippen LogP contribution in [-0.2, 0) is 4.79 Å². The summed E-state index contributed by atoms with van der Waals surface area (Å²) in [6.07, 6.45) is 0.494. The maximum Gasteiger partial charge on any atom is 0.306 e. The topological polar surface area (TPSA) is 73.4 Å². The molecule has 5 nitrogen and oxygen atoms in total. The summed E-state index contributed by atoms with van der Waals surface area (Å²) in [4.78, 5) is 28.5. The van der Waals surface area contributed by atoms with Crippen molar-refractivity contribution in [2.24, 2.45) is 11.8 Å². The number of hydrogen-bond donors (Lipinski definition) is 2. The van der Waals surface area contributed by atoms with Crippen LogP contribution in [0.25, 0.3) is 10.9 Å². The van der Waals surface area contributed by atoms with Crippen LogP contribution >= 0.6 is 11.6 Å². The average Bonchev–Trinajstić information content (AvgIpc) is 2.88. The van der Waals surface area contributed by atoms with E-state index in [2.05, 4.69) is 4.98 Å². The van der Waals surface area contributed by atoms with Crippen LogP contribution in [0.3, 0.4) is 0 Å². The fourth-order valence-electron chi connectivity index (χ4n) is 3.08. The lowest BCUT2D eigenvalue weighted by Crippen LogP contribution is -2.45. The molecule has 1 aliphatic rings. The van der Waals surface area contributed by atoms with Gasteiger partial charge in [-0.25, -0.2) is 0 Å². The predicted molar refractivity (Wildman–Crippen MR) is 84.1 cm³/mol. The first-order chi connectivity index (χ1) is 10.5. The maximum atomic E-state index is 12.6. The molecule has 2 unspecified atom stereocenters. The Labute approximate surface area is 132 Å². The lowest BCUT2D eigenvalue weighted by molar-refractivity contribution is -0.145. The minimum absolute atomic E-state index is 0.0472. The number of piperidine rings is 1. The third kappa shape index (κ3) is 2.68. The molecule has 0 spiro atoms. The zero-order valence-corrected chi connectivity index (χ0v) is 12.9. The summed E-state index contributed by atoms with van der Waals surface area (Å²) in [5, 5.41) is 10.7. The van der Waals surface area contributed by atoms with Gasteiger partial charge >= 0.3 is 5.97 Å². The van der Waals surface area contributed by atoms with Gasteiger partial charge in [-0.05, 0) is 30.5 Å². The number of nitrogens with zero attached hydrogens (tertiary/aromatic N) is 1. The molecule has 2 heterocycles. The Hall–Kier alpha value is -2.01. The third-order valence-electron chi connectivity index (χ3n) is 4.32. The van der Waals surface area contributed by atoms with Gasteiger partial charge in [-0.15, -0.1) is 0 Å². The van der Waals surface area contributed by atoms with Crippen molar-refractivity contribution in [2.75, 3.05) is 13.1 Å². The number of hydrogen-bond acceptors (Lipinski definition) is 2. The van der Waals surface area contributed by atoms with E-state index in [4.69, 9.17) is 16.7 Å². The van der Waals surface area contributed by atoms with E-state index in [1.54, 1.807) is 17.0 Å². The molecule has 1 fully saturated rings. The van der Waals surface area contributed by atoms with E-state index in [0.29, 0.717) is 30.2 Å². The van der Waals surface area contributed by atoms with Crippen LogP contribution in [-0.4, -0.2) is 40.0 Å². The molecule has 0 radical (unpaired) electrons. The van der Waals surface area contributed by atoms with Gasteiger partial charge in [-0.1, -0.05) is 24.6 Å². The standard InChI is InChI=1S/C16H17ClN2O3/c1-9-8-19(5-4-12(9)16(21)22)15(20)14-6-10-2-3-11(17)7-13(10)18-14/h2-3,6-7,9,12,18H,4-5,8H2,1H3,(H,21,22). The molecule has 22 heavy (non-hydrogen) atoms. The van der Waals surface area contributed by atoms with Crippen LogP contribution in [0.2, 0.25) is 5.02 Å². The molecule has 1 aromatic heterocycles. The number of nitrogens with one attached hydrogen (secondary N) is 1. The van der Waals surface area contributed by atoms with Crippen molar-refractivity contribution < 1.29 is 14.7 Å². The molecule has 1 amide bonds. The first-order valence-corrected chi connectivity index (χ1v) is 7.64. The molecule has 2 N–H and O–H groups in total. The van der Waals surface area contributed by atoms with E-state index in [9.17, 15) is 9.59 Å². The number of benzene rings is 1. The van der Waals surface area contributed by atoms with Crippen LogP contribution in [0.4, 0.5) is 0 Å². The number of aliphatic carboxylic acids is 1. The summed E-state index contributed by atoms with van der Waals surface area (Å²) < 4.78 is 0. The number of fused-ring (bicyclic) bond motifs is 1. The number of carbonyl (C=O) groups excluding carboxylic acids is 1. The van der Waals surface area contributed by atoms with Crippen LogP contribution in [0, 0.1) is 11.8 Å². The van der Waals surface area contributed by atoms with E-state index in [0.717, 1.165) is 10.9 Å². The van der Waals surface area contributed by atoms with Gasteiger partial charge in [0.05, 0.1) is 5.92 Å². The summed E-state index contributed by atoms with van der Waals surface area (Å²) in [7, 11) is 0. The van der Waals surface area contributed by atoms with Crippen LogP contribution in [0.15, 0.2) is 24.3 Å². The summed E-state index contributed by atoms with van der Waals surface area (Å²) in [6.45, 7) is 2.81. The van der Waals surface area contributed by atoms with E-state index in [1.807, 2.05) is 19.1 Å². The molecule has 1 saturated heterocycles. The Bertz CT molecular complexity index is 740. The quantitative estimate of drug-likeness (QED) is 0.893. The average molecular weight is 321 g/mol. The number of likely N-dealkylation sites (tertiary alicyclic amines) is 1. The van der Waals surface area contributed by atoms with E-state index in [1.165, 1.54) is 0 Å². The summed E-state index contributed by atoms with van der Waals surface area (Å²) in [6, 6.07) is 7.24. The highest BCUT2D eigenvalue weighted by Crippen LogP contribution is 2.26. The third-order valence-corrected chi connectivity index (χ3v) is 4.56. The first-order valence-electron chi connectivity index (χ1n) is 7.26. The van der Waals surface area contributed by atoms with Crippen molar-refractivity contribution in [3.8, 4) is 0 Å². The highest BCUT2D eigenvalue weighted by atomic mass is 35.5. The second-order valence-corrected chi connectivity index (χ2v) is 6.31. The molecule has 0 aliphatic carbocycles. The smallest absolute Gasteiger partial charge is 0.306 e. The molecule has 6 heteroatoms. The predicted octanol–water partition coefficient (Wildman–Crippen LogP) is 3.00. The monoisotopic (exact) mass is 320 g/mol. The van der Waals surface area contributed by atoms with E-state index in [-0.39, 0.29) is 17.7 Å². The van der Waals surface area contributed by atoms with E-state index >= 15 is 0 Å². The number of amides is 1. The second-order valence-electron chi connectivity index (χ2n) is 5.88. The lowest BCUT2D eigenvalue weighted by atomic mass is 9.87. The van der Waals surface area contributed by atoms with Gasteiger partial charge in [0.15, 0.2) is 0 Å². The van der Waals surface area contributed by atoms with Gasteiger partial charge in [0.1, 0.15) is 5.69 Å². The molecule has 0 bridgehead atoms. The minimum Gasteiger partial charge on any atom is -0.481 e. The first kappa shape index (κ1) is 14.9. The number of carbonyl (C=O) groups is 2. The number of carboxylic acids is 1. The number of H-pyrrole nitrogens is 1. The van der Waals surface area contributed by atoms with Gasteiger partial charge in [0.25, 0.3) is 5.91 Å². The Kier molecular flexibility index (Phi) is 3.83. The van der Waals surface area contributed by atoms with Gasteiger partial charge < -0.3 is 15.0 Å². The van der Waals surface area contributed by atoms with Crippen molar-refractivity contribution in [1.29, 1.82) is 0 Å². The Balaban J connectivity index is 1.80. The number of halogens is 1. The number of aromatic nitrogens is 1. The van der Waals surface area contributed by atoms with Crippen molar-refractivity contribution in [3.05, 3.63) is 35.0 Å². The van der Waals surface area contributed by atoms with Gasteiger partial charge in [0, 0.05) is 29.0 Å². The zero-order chi connectivity index (χ0) is 15.9. The maximum absolute atomic E-state index is 12.6. The van der Waals surface area contributed by atoms with Crippen LogP contribution in [0.1, 0.15) is 23.8 Å². The summed E-state index contributed by atoms with van der Waals surface area (Å²) in [5.74, 6) is -1.29. The molecular weight excluding hydrogens is 304 g/mol. The van der Waals surface area contributed by atoms with Crippen LogP contribution < -0.4 is 0 Å². The fraction of sp³-hybridized carbons (Fsp3) is 0.375. The largest absolute Gasteiger partial charge is 0.481 e. The Morgan fingerprint density at radius 2 is 2.14 bits per heavy atom. The molecule has 1 aliphatic heterocycles. The van der Waals surface area contributed by atoms with Crippen molar-refractivity contribution >= 4 is 34.4 Å². The highest BCUT2D eigenvalue weighted by molar-refractivity contribution is 6.31. The second kappa shape index (κ2) is 5.65. The molecular formula is C16H17ClN2O3. The molecule has 2 aromatic rings. The van der Waals surface area contributed by atoms with Crippen molar-refractivity contribution in [2.45, 2.75) is 13.3 Å². The normalized spacial score (nSPS) is 22.0. The van der Waals surface area contributed by atoms with E-state index < -0.39 is 5.97 Å². The van der Waals surface area contributed by atoms with Crippen molar-refractivity contribution in [3.63, 3.8) is 0 Å². The molecule has 3 rings (SSSR count). The van der Waals surface area contributed by atoms with Crippen molar-refractivity contribution in [1.82, 2.24) is 9.88 Å². The zero-order valence-electron chi connectivity index (χ0n) is 12.2. The number of rotatable bonds is 2. The lowest BCUT2D eigenvalue weighted by Gasteiger charge is -2.34. The van der Waals surface area contributed by atoms with Gasteiger partial charge in [-0.2, -0.15) is 0 Å². The highest BCUT2D eigenvalue weighted by Gasteiger charge is 2.33.